The standard InChI is InChI=1S/C12H18N2O/c1-3-10-5-7-11(8-6-10)14-12(15)9-13-4-2/h5-8,13H,3-4,9H2,1-2H3,(H,14,15). The molecule has 0 bridgehead atoms. The van der Waals surface area contributed by atoms with Crippen LogP contribution in [0, 0.1) is 0 Å². The van der Waals surface area contributed by atoms with Crippen LogP contribution in [0.25, 0.3) is 0 Å². The molecule has 3 nitrogen and oxygen atoms in total. The lowest BCUT2D eigenvalue weighted by atomic mass is 10.1. The zero-order chi connectivity index (χ0) is 11.1. The molecule has 0 aliphatic rings. The molecule has 0 radical (unpaired) electrons. The summed E-state index contributed by atoms with van der Waals surface area (Å²) in [7, 11) is 0. The molecule has 3 heteroatoms. The van der Waals surface area contributed by atoms with Crippen LogP contribution in [0.5, 0.6) is 0 Å². The molecule has 0 fully saturated rings. The maximum Gasteiger partial charge on any atom is 0.238 e. The van der Waals surface area contributed by atoms with E-state index in [0.29, 0.717) is 6.54 Å². The van der Waals surface area contributed by atoms with Gasteiger partial charge in [-0.2, -0.15) is 0 Å². The van der Waals surface area contributed by atoms with Crippen LogP contribution in [0.2, 0.25) is 0 Å². The second-order valence-corrected chi connectivity index (χ2v) is 3.38. The molecule has 0 spiro atoms. The molecule has 0 heterocycles. The number of aryl methyl sites for hydroxylation is 1. The minimum absolute atomic E-state index is 0.00102. The van der Waals surface area contributed by atoms with Gasteiger partial charge in [-0.3, -0.25) is 4.79 Å². The Morgan fingerprint density at radius 1 is 1.20 bits per heavy atom. The van der Waals surface area contributed by atoms with Crippen molar-refractivity contribution in [3.63, 3.8) is 0 Å². The van der Waals surface area contributed by atoms with Gasteiger partial charge in [-0.15, -0.1) is 0 Å². The average Bonchev–Trinajstić information content (AvgIpc) is 2.27. The van der Waals surface area contributed by atoms with Crippen molar-refractivity contribution in [3.05, 3.63) is 29.8 Å². The first-order valence-corrected chi connectivity index (χ1v) is 5.35. The van der Waals surface area contributed by atoms with Crippen LogP contribution in [0.15, 0.2) is 24.3 Å². The van der Waals surface area contributed by atoms with Crippen LogP contribution < -0.4 is 10.6 Å². The summed E-state index contributed by atoms with van der Waals surface area (Å²) in [5.74, 6) is 0.00102. The zero-order valence-corrected chi connectivity index (χ0v) is 9.34. The van der Waals surface area contributed by atoms with E-state index in [4.69, 9.17) is 0 Å². The van der Waals surface area contributed by atoms with Crippen molar-refractivity contribution in [1.82, 2.24) is 5.32 Å². The largest absolute Gasteiger partial charge is 0.325 e. The molecule has 0 aromatic heterocycles. The van der Waals surface area contributed by atoms with Gasteiger partial charge in [-0.05, 0) is 30.7 Å². The summed E-state index contributed by atoms with van der Waals surface area (Å²) in [4.78, 5) is 11.4. The lowest BCUT2D eigenvalue weighted by Crippen LogP contribution is -2.27. The predicted octanol–water partition coefficient (Wildman–Crippen LogP) is 1.80. The molecular weight excluding hydrogens is 188 g/mol. The van der Waals surface area contributed by atoms with Crippen molar-refractivity contribution in [2.24, 2.45) is 0 Å². The van der Waals surface area contributed by atoms with Crippen molar-refractivity contribution in [1.29, 1.82) is 0 Å². The fourth-order valence-electron chi connectivity index (χ4n) is 1.27. The quantitative estimate of drug-likeness (QED) is 0.771. The fourth-order valence-corrected chi connectivity index (χ4v) is 1.27. The van der Waals surface area contributed by atoms with Crippen LogP contribution in [0.4, 0.5) is 5.69 Å². The minimum atomic E-state index is 0.00102. The molecule has 0 aliphatic heterocycles. The molecule has 15 heavy (non-hydrogen) atoms. The van der Waals surface area contributed by atoms with Gasteiger partial charge in [0.15, 0.2) is 0 Å². The van der Waals surface area contributed by atoms with Gasteiger partial charge in [0.1, 0.15) is 0 Å². The van der Waals surface area contributed by atoms with Gasteiger partial charge in [0.25, 0.3) is 0 Å². The molecule has 0 unspecified atom stereocenters. The van der Waals surface area contributed by atoms with Crippen molar-refractivity contribution in [3.8, 4) is 0 Å². The Balaban J connectivity index is 2.46. The Hall–Kier alpha value is -1.35. The number of likely N-dealkylation sites (N-methyl/N-ethyl adjacent to an activating group) is 1. The lowest BCUT2D eigenvalue weighted by Gasteiger charge is -2.05. The molecule has 2 N–H and O–H groups in total. The molecule has 0 aliphatic carbocycles. The maximum atomic E-state index is 11.4. The molecule has 1 aromatic carbocycles. The highest BCUT2D eigenvalue weighted by molar-refractivity contribution is 5.92. The predicted molar refractivity (Wildman–Crippen MR) is 63.0 cm³/mol. The maximum absolute atomic E-state index is 11.4. The summed E-state index contributed by atoms with van der Waals surface area (Å²) in [5, 5.41) is 5.81. The van der Waals surface area contributed by atoms with E-state index >= 15 is 0 Å². The molecule has 1 amide bonds. The van der Waals surface area contributed by atoms with Gasteiger partial charge in [0, 0.05) is 5.69 Å². The van der Waals surface area contributed by atoms with E-state index < -0.39 is 0 Å². The van der Waals surface area contributed by atoms with Crippen LogP contribution >= 0.6 is 0 Å². The van der Waals surface area contributed by atoms with Crippen LogP contribution in [0.1, 0.15) is 19.4 Å². The monoisotopic (exact) mass is 206 g/mol. The van der Waals surface area contributed by atoms with E-state index in [1.807, 2.05) is 31.2 Å². The first kappa shape index (κ1) is 11.7. The Bertz CT molecular complexity index is 306. The van der Waals surface area contributed by atoms with Crippen LogP contribution in [-0.2, 0) is 11.2 Å². The average molecular weight is 206 g/mol. The number of amides is 1. The summed E-state index contributed by atoms with van der Waals surface area (Å²) in [6.07, 6.45) is 1.02. The van der Waals surface area contributed by atoms with Gasteiger partial charge in [0.2, 0.25) is 5.91 Å². The molecule has 1 rings (SSSR count). The van der Waals surface area contributed by atoms with E-state index in [1.54, 1.807) is 0 Å². The SMILES string of the molecule is CCNCC(=O)Nc1ccc(CC)cc1. The highest BCUT2D eigenvalue weighted by Gasteiger charge is 2.00. The number of anilines is 1. The van der Waals surface area contributed by atoms with Crippen LogP contribution in [0.3, 0.4) is 0 Å². The molecule has 1 aromatic rings. The first-order chi connectivity index (χ1) is 7.26. The smallest absolute Gasteiger partial charge is 0.238 e. The van der Waals surface area contributed by atoms with Crippen molar-refractivity contribution < 1.29 is 4.79 Å². The third-order valence-corrected chi connectivity index (χ3v) is 2.18. The Labute approximate surface area is 90.9 Å². The summed E-state index contributed by atoms with van der Waals surface area (Å²) < 4.78 is 0. The van der Waals surface area contributed by atoms with Crippen molar-refractivity contribution >= 4 is 11.6 Å². The summed E-state index contributed by atoms with van der Waals surface area (Å²) >= 11 is 0. The van der Waals surface area contributed by atoms with Crippen LogP contribution in [-0.4, -0.2) is 19.0 Å². The van der Waals surface area contributed by atoms with Crippen molar-refractivity contribution in [2.45, 2.75) is 20.3 Å². The molecule has 0 saturated heterocycles. The van der Waals surface area contributed by atoms with E-state index in [9.17, 15) is 4.79 Å². The molecule has 0 saturated carbocycles. The fraction of sp³-hybridized carbons (Fsp3) is 0.417. The van der Waals surface area contributed by atoms with E-state index in [-0.39, 0.29) is 5.91 Å². The number of carbonyl (C=O) groups is 1. The first-order valence-electron chi connectivity index (χ1n) is 5.35. The summed E-state index contributed by atoms with van der Waals surface area (Å²) in [5.41, 5.74) is 2.13. The van der Waals surface area contributed by atoms with E-state index in [1.165, 1.54) is 5.56 Å². The van der Waals surface area contributed by atoms with Gasteiger partial charge in [0.05, 0.1) is 6.54 Å². The number of rotatable bonds is 5. The zero-order valence-electron chi connectivity index (χ0n) is 9.34. The highest BCUT2D eigenvalue weighted by atomic mass is 16.1. The van der Waals surface area contributed by atoms with Gasteiger partial charge < -0.3 is 10.6 Å². The molecule has 82 valence electrons. The molecule has 0 atom stereocenters. The van der Waals surface area contributed by atoms with E-state index in [2.05, 4.69) is 17.6 Å². The number of carbonyl (C=O) groups excluding carboxylic acids is 1. The number of benzene rings is 1. The minimum Gasteiger partial charge on any atom is -0.325 e. The summed E-state index contributed by atoms with van der Waals surface area (Å²) in [6.45, 7) is 5.26. The third kappa shape index (κ3) is 4.13. The van der Waals surface area contributed by atoms with E-state index in [0.717, 1.165) is 18.7 Å². The van der Waals surface area contributed by atoms with Gasteiger partial charge in [-0.25, -0.2) is 0 Å². The number of hydrogen-bond donors (Lipinski definition) is 2. The Morgan fingerprint density at radius 3 is 2.40 bits per heavy atom. The Kier molecular flexibility index (Phi) is 4.84. The van der Waals surface area contributed by atoms with Gasteiger partial charge >= 0.3 is 0 Å². The Morgan fingerprint density at radius 2 is 1.87 bits per heavy atom. The lowest BCUT2D eigenvalue weighted by molar-refractivity contribution is -0.115. The third-order valence-electron chi connectivity index (χ3n) is 2.18. The molecular formula is C12H18N2O. The number of hydrogen-bond acceptors (Lipinski definition) is 2. The second-order valence-electron chi connectivity index (χ2n) is 3.38. The number of nitrogens with one attached hydrogen (secondary N) is 2. The van der Waals surface area contributed by atoms with Gasteiger partial charge in [-0.1, -0.05) is 26.0 Å². The highest BCUT2D eigenvalue weighted by Crippen LogP contribution is 2.09. The normalized spacial score (nSPS) is 10.0. The topological polar surface area (TPSA) is 41.1 Å². The van der Waals surface area contributed by atoms with Crippen molar-refractivity contribution in [2.75, 3.05) is 18.4 Å². The summed E-state index contributed by atoms with van der Waals surface area (Å²) in [6, 6.07) is 7.93. The second kappa shape index (κ2) is 6.19.